The number of nitrogens with zero attached hydrogens (tertiary/aromatic N) is 3. The van der Waals surface area contributed by atoms with E-state index in [4.69, 9.17) is 9.47 Å². The molecule has 0 bridgehead atoms. The summed E-state index contributed by atoms with van der Waals surface area (Å²) in [5.41, 5.74) is -1.06. The molecule has 3 atom stereocenters. The predicted octanol–water partition coefficient (Wildman–Crippen LogP) is 3.63. The number of methoxy groups -OCH3 is 2. The van der Waals surface area contributed by atoms with Gasteiger partial charge in [0.05, 0.1) is 25.3 Å². The first kappa shape index (κ1) is 21.8. The second-order valence-corrected chi connectivity index (χ2v) is 8.31. The number of benzene rings is 1. The predicted molar refractivity (Wildman–Crippen MR) is 107 cm³/mol. The van der Waals surface area contributed by atoms with Gasteiger partial charge in [0.1, 0.15) is 5.60 Å². The van der Waals surface area contributed by atoms with E-state index in [0.29, 0.717) is 25.1 Å². The van der Waals surface area contributed by atoms with Crippen LogP contribution in [0.15, 0.2) is 30.5 Å². The van der Waals surface area contributed by atoms with Gasteiger partial charge < -0.3 is 14.6 Å². The van der Waals surface area contributed by atoms with Crippen molar-refractivity contribution in [2.45, 2.75) is 37.6 Å². The Bertz CT molecular complexity index is 940. The molecule has 0 radical (unpaired) electrons. The number of likely N-dealkylation sites (tertiary alicyclic amines) is 1. The quantitative estimate of drug-likeness (QED) is 0.771. The lowest BCUT2D eigenvalue weighted by atomic mass is 9.68. The molecule has 168 valence electrons. The lowest BCUT2D eigenvalue weighted by Gasteiger charge is -2.41. The van der Waals surface area contributed by atoms with Crippen molar-refractivity contribution in [3.05, 3.63) is 47.2 Å². The van der Waals surface area contributed by atoms with Crippen LogP contribution >= 0.6 is 0 Å². The van der Waals surface area contributed by atoms with E-state index in [9.17, 15) is 18.3 Å². The number of ether oxygens (including phenoxy) is 2. The highest BCUT2D eigenvalue weighted by Gasteiger charge is 2.51. The Balaban J connectivity index is 1.60. The van der Waals surface area contributed by atoms with Crippen LogP contribution in [-0.2, 0) is 18.3 Å². The molecule has 0 unspecified atom stereocenters. The average Bonchev–Trinajstić information content (AvgIpc) is 3.17. The number of hydrogen-bond donors (Lipinski definition) is 1. The maximum atomic E-state index is 13.4. The molecule has 31 heavy (non-hydrogen) atoms. The topological polar surface area (TPSA) is 67.7 Å². The molecule has 1 N–H and O–H groups in total. The molecule has 9 heteroatoms. The zero-order valence-corrected chi connectivity index (χ0v) is 17.5. The Morgan fingerprint density at radius 1 is 1.19 bits per heavy atom. The van der Waals surface area contributed by atoms with Gasteiger partial charge in [-0.1, -0.05) is 18.2 Å². The van der Waals surface area contributed by atoms with Crippen LogP contribution in [0.5, 0.6) is 11.9 Å². The molecule has 2 aliphatic rings. The van der Waals surface area contributed by atoms with Crippen molar-refractivity contribution in [1.82, 2.24) is 14.9 Å². The lowest BCUT2D eigenvalue weighted by molar-refractivity contribution is -0.138. The summed E-state index contributed by atoms with van der Waals surface area (Å²) in [4.78, 5) is 10.4. The Morgan fingerprint density at radius 2 is 1.97 bits per heavy atom. The molecule has 0 amide bonds. The van der Waals surface area contributed by atoms with Gasteiger partial charge in [-0.3, -0.25) is 4.90 Å². The molecule has 2 fully saturated rings. The molecule has 6 nitrogen and oxygen atoms in total. The van der Waals surface area contributed by atoms with Crippen molar-refractivity contribution in [1.29, 1.82) is 0 Å². The van der Waals surface area contributed by atoms with E-state index in [-0.39, 0.29) is 35.8 Å². The lowest BCUT2D eigenvalue weighted by Crippen LogP contribution is -2.43. The van der Waals surface area contributed by atoms with Crippen molar-refractivity contribution >= 4 is 0 Å². The number of halogens is 3. The molecule has 1 aromatic heterocycles. The smallest absolute Gasteiger partial charge is 0.416 e. The van der Waals surface area contributed by atoms with Crippen LogP contribution in [0, 0.1) is 11.8 Å². The summed E-state index contributed by atoms with van der Waals surface area (Å²) in [6, 6.07) is 5.83. The summed E-state index contributed by atoms with van der Waals surface area (Å²) in [6.45, 7) is 1.32. The van der Waals surface area contributed by atoms with Crippen molar-refractivity contribution < 1.29 is 27.8 Å². The molecule has 1 aliphatic heterocycles. The normalized spacial score (nSPS) is 26.5. The summed E-state index contributed by atoms with van der Waals surface area (Å²) < 4.78 is 50.7. The van der Waals surface area contributed by atoms with Crippen LogP contribution in [0.2, 0.25) is 0 Å². The minimum atomic E-state index is -4.39. The van der Waals surface area contributed by atoms with E-state index in [1.807, 2.05) is 4.90 Å². The first-order valence-corrected chi connectivity index (χ1v) is 10.3. The molecular weight excluding hydrogens is 411 g/mol. The summed E-state index contributed by atoms with van der Waals surface area (Å²) in [7, 11) is 2.93. The van der Waals surface area contributed by atoms with Gasteiger partial charge in [0.25, 0.3) is 0 Å². The fourth-order valence-electron chi connectivity index (χ4n) is 5.15. The van der Waals surface area contributed by atoms with Crippen molar-refractivity contribution in [3.63, 3.8) is 0 Å². The van der Waals surface area contributed by atoms with Crippen LogP contribution in [0.4, 0.5) is 13.2 Å². The summed E-state index contributed by atoms with van der Waals surface area (Å²) in [5.74, 6) is 0.282. The van der Waals surface area contributed by atoms with Crippen molar-refractivity contribution in [2.75, 3.05) is 27.3 Å². The van der Waals surface area contributed by atoms with Crippen molar-refractivity contribution in [2.24, 2.45) is 11.8 Å². The highest BCUT2D eigenvalue weighted by Crippen LogP contribution is 2.50. The van der Waals surface area contributed by atoms with E-state index in [1.165, 1.54) is 32.5 Å². The van der Waals surface area contributed by atoms with Gasteiger partial charge in [-0.25, -0.2) is 4.98 Å². The molecule has 2 aromatic rings. The van der Waals surface area contributed by atoms with E-state index < -0.39 is 17.3 Å². The minimum Gasteiger partial charge on any atom is -0.481 e. The van der Waals surface area contributed by atoms with E-state index in [0.717, 1.165) is 18.9 Å². The number of aromatic nitrogens is 2. The number of alkyl halides is 3. The second-order valence-electron chi connectivity index (χ2n) is 8.31. The standard InChI is InChI=1S/C22H26F3N3O3/c1-30-19-17(10-26-20(27-19)31-2)21(29)9-5-7-15-12-28(13-18(15)21)11-14-6-3-4-8-16(14)22(23,24)25/h3-4,6,8,10,15,18,29H,5,7,9,11-13H2,1-2H3/t15-,18+,21-/m1/s1. The molecule has 4 rings (SSSR count). The van der Waals surface area contributed by atoms with E-state index in [2.05, 4.69) is 9.97 Å². The molecule has 1 saturated heterocycles. The van der Waals surface area contributed by atoms with Gasteiger partial charge in [0, 0.05) is 31.7 Å². The average molecular weight is 437 g/mol. The summed E-state index contributed by atoms with van der Waals surface area (Å²) in [6.07, 6.45) is -0.608. The SMILES string of the molecule is COc1ncc([C@]2(O)CCC[C@@H]3CN(Cc4ccccc4C(F)(F)F)C[C@@H]32)c(OC)n1. The summed E-state index contributed by atoms with van der Waals surface area (Å²) in [5, 5.41) is 11.7. The monoisotopic (exact) mass is 437 g/mol. The Kier molecular flexibility index (Phi) is 5.83. The number of aliphatic hydroxyl groups is 1. The van der Waals surface area contributed by atoms with Gasteiger partial charge in [0.2, 0.25) is 5.88 Å². The van der Waals surface area contributed by atoms with Crippen LogP contribution in [0.25, 0.3) is 0 Å². The number of hydrogen-bond acceptors (Lipinski definition) is 6. The molecule has 2 heterocycles. The van der Waals surface area contributed by atoms with Gasteiger partial charge in [0.15, 0.2) is 0 Å². The second kappa shape index (κ2) is 8.27. The van der Waals surface area contributed by atoms with E-state index in [1.54, 1.807) is 6.07 Å². The molecule has 1 aliphatic carbocycles. The minimum absolute atomic E-state index is 0.147. The van der Waals surface area contributed by atoms with Crippen molar-refractivity contribution in [3.8, 4) is 11.9 Å². The van der Waals surface area contributed by atoms with Gasteiger partial charge in [-0.2, -0.15) is 18.2 Å². The van der Waals surface area contributed by atoms with Gasteiger partial charge in [-0.05, 0) is 36.8 Å². The third kappa shape index (κ3) is 4.08. The number of fused-ring (bicyclic) bond motifs is 1. The van der Waals surface area contributed by atoms with Crippen LogP contribution in [0.1, 0.15) is 36.0 Å². The summed E-state index contributed by atoms with van der Waals surface area (Å²) >= 11 is 0. The van der Waals surface area contributed by atoms with E-state index >= 15 is 0 Å². The highest BCUT2D eigenvalue weighted by atomic mass is 19.4. The maximum Gasteiger partial charge on any atom is 0.416 e. The molecule has 1 aromatic carbocycles. The molecular formula is C22H26F3N3O3. The fourth-order valence-corrected chi connectivity index (χ4v) is 5.15. The zero-order chi connectivity index (χ0) is 22.2. The van der Waals surface area contributed by atoms with Crippen LogP contribution in [-0.4, -0.2) is 47.3 Å². The molecule has 1 saturated carbocycles. The molecule has 0 spiro atoms. The van der Waals surface area contributed by atoms with Crippen LogP contribution in [0.3, 0.4) is 0 Å². The van der Waals surface area contributed by atoms with Gasteiger partial charge >= 0.3 is 12.2 Å². The fraction of sp³-hybridized carbons (Fsp3) is 0.545. The Labute approximate surface area is 179 Å². The Morgan fingerprint density at radius 3 is 2.68 bits per heavy atom. The highest BCUT2D eigenvalue weighted by molar-refractivity contribution is 5.34. The first-order valence-electron chi connectivity index (χ1n) is 10.3. The number of rotatable bonds is 5. The Hall–Kier alpha value is -2.39. The zero-order valence-electron chi connectivity index (χ0n) is 17.5. The first-order chi connectivity index (χ1) is 14.8. The van der Waals surface area contributed by atoms with Crippen LogP contribution < -0.4 is 9.47 Å². The third-order valence-electron chi connectivity index (χ3n) is 6.55. The maximum absolute atomic E-state index is 13.4. The van der Waals surface area contributed by atoms with Gasteiger partial charge in [-0.15, -0.1) is 0 Å². The largest absolute Gasteiger partial charge is 0.481 e. The third-order valence-corrected chi connectivity index (χ3v) is 6.55.